The second kappa shape index (κ2) is 12.3. The number of benzene rings is 2. The van der Waals surface area contributed by atoms with E-state index in [-0.39, 0.29) is 18.5 Å². The fraction of sp³-hybridized carbons (Fsp3) is 0.481. The first kappa shape index (κ1) is 27.5. The zero-order chi connectivity index (χ0) is 26.3. The Bertz CT molecular complexity index is 1140. The molecule has 1 aliphatic rings. The number of carbonyl (C=O) groups excluding carboxylic acids is 2. The van der Waals surface area contributed by atoms with Gasteiger partial charge in [-0.3, -0.25) is 13.9 Å². The average molecular weight is 516 g/mol. The van der Waals surface area contributed by atoms with Gasteiger partial charge in [-0.15, -0.1) is 0 Å². The molecule has 36 heavy (non-hydrogen) atoms. The van der Waals surface area contributed by atoms with Crippen molar-refractivity contribution in [1.82, 2.24) is 10.2 Å². The highest BCUT2D eigenvalue weighted by molar-refractivity contribution is 7.92. The molecule has 1 fully saturated rings. The molecule has 2 amide bonds. The van der Waals surface area contributed by atoms with E-state index >= 15 is 0 Å². The van der Waals surface area contributed by atoms with Crippen LogP contribution in [0.3, 0.4) is 0 Å². The number of hydrogen-bond donors (Lipinski definition) is 1. The van der Waals surface area contributed by atoms with Gasteiger partial charge in [-0.25, -0.2) is 8.42 Å². The molecule has 1 atom stereocenters. The van der Waals surface area contributed by atoms with Gasteiger partial charge in [0.2, 0.25) is 21.8 Å². The van der Waals surface area contributed by atoms with Crippen LogP contribution in [-0.4, -0.2) is 57.1 Å². The Balaban J connectivity index is 1.91. The summed E-state index contributed by atoms with van der Waals surface area (Å²) in [7, 11) is -2.25. The van der Waals surface area contributed by atoms with Crippen molar-refractivity contribution >= 4 is 27.5 Å². The van der Waals surface area contributed by atoms with Crippen LogP contribution in [0.25, 0.3) is 0 Å². The molecule has 0 bridgehead atoms. The normalized spacial score (nSPS) is 14.8. The van der Waals surface area contributed by atoms with Crippen LogP contribution >= 0.6 is 0 Å². The number of rotatable bonds is 11. The van der Waals surface area contributed by atoms with Crippen LogP contribution in [0, 0.1) is 6.92 Å². The van der Waals surface area contributed by atoms with E-state index in [9.17, 15) is 18.0 Å². The summed E-state index contributed by atoms with van der Waals surface area (Å²) in [5.74, 6) is -0.0545. The van der Waals surface area contributed by atoms with Crippen LogP contribution in [0.15, 0.2) is 48.5 Å². The summed E-state index contributed by atoms with van der Waals surface area (Å²) in [5.41, 5.74) is 2.27. The van der Waals surface area contributed by atoms with Crippen molar-refractivity contribution in [3.05, 3.63) is 59.7 Å². The number of nitrogens with zero attached hydrogens (tertiary/aromatic N) is 2. The van der Waals surface area contributed by atoms with E-state index < -0.39 is 28.5 Å². The van der Waals surface area contributed by atoms with Gasteiger partial charge in [0.05, 0.1) is 19.1 Å². The predicted molar refractivity (Wildman–Crippen MR) is 141 cm³/mol. The molecule has 0 saturated heterocycles. The molecule has 0 heterocycles. The summed E-state index contributed by atoms with van der Waals surface area (Å²) in [5, 5.41) is 3.11. The molecule has 2 aromatic rings. The monoisotopic (exact) mass is 515 g/mol. The lowest BCUT2D eigenvalue weighted by atomic mass is 10.1. The Kier molecular flexibility index (Phi) is 9.37. The molecule has 8 nitrogen and oxygen atoms in total. The number of nitrogens with one attached hydrogen (secondary N) is 1. The molecule has 1 N–H and O–H groups in total. The summed E-state index contributed by atoms with van der Waals surface area (Å²) >= 11 is 0. The summed E-state index contributed by atoms with van der Waals surface area (Å²) in [6, 6.07) is 13.7. The van der Waals surface area contributed by atoms with Crippen molar-refractivity contribution in [2.75, 3.05) is 24.2 Å². The molecule has 1 aliphatic carbocycles. The van der Waals surface area contributed by atoms with Gasteiger partial charge in [0, 0.05) is 12.6 Å². The van der Waals surface area contributed by atoms with Crippen molar-refractivity contribution in [3.8, 4) is 5.75 Å². The highest BCUT2D eigenvalue weighted by Gasteiger charge is 2.33. The molecular formula is C27H37N3O5S. The smallest absolute Gasteiger partial charge is 0.244 e. The third kappa shape index (κ3) is 7.22. The van der Waals surface area contributed by atoms with Gasteiger partial charge in [0.1, 0.15) is 18.3 Å². The zero-order valence-corrected chi connectivity index (χ0v) is 22.4. The summed E-state index contributed by atoms with van der Waals surface area (Å²) in [4.78, 5) is 28.6. The highest BCUT2D eigenvalue weighted by atomic mass is 32.2. The van der Waals surface area contributed by atoms with E-state index in [1.54, 1.807) is 24.3 Å². The quantitative estimate of drug-likeness (QED) is 0.493. The number of carbonyl (C=O) groups is 2. The molecule has 0 unspecified atom stereocenters. The van der Waals surface area contributed by atoms with Crippen LogP contribution in [-0.2, 0) is 26.2 Å². The van der Waals surface area contributed by atoms with E-state index in [4.69, 9.17) is 4.74 Å². The Hall–Kier alpha value is -3.07. The van der Waals surface area contributed by atoms with E-state index in [2.05, 4.69) is 5.32 Å². The molecule has 0 aromatic heterocycles. The first-order valence-electron chi connectivity index (χ1n) is 12.4. The van der Waals surface area contributed by atoms with Gasteiger partial charge in [-0.05, 0) is 56.0 Å². The Morgan fingerprint density at radius 1 is 1.11 bits per heavy atom. The third-order valence-electron chi connectivity index (χ3n) is 6.56. The topological polar surface area (TPSA) is 96.0 Å². The second-order valence-electron chi connectivity index (χ2n) is 9.39. The van der Waals surface area contributed by atoms with Crippen molar-refractivity contribution in [2.45, 2.75) is 64.6 Å². The number of sulfonamides is 1. The van der Waals surface area contributed by atoms with Gasteiger partial charge in [-0.2, -0.15) is 0 Å². The molecule has 9 heteroatoms. The largest absolute Gasteiger partial charge is 0.497 e. The molecule has 3 rings (SSSR count). The van der Waals surface area contributed by atoms with E-state index in [0.717, 1.165) is 47.4 Å². The average Bonchev–Trinajstić information content (AvgIpc) is 3.34. The van der Waals surface area contributed by atoms with Crippen molar-refractivity contribution in [3.63, 3.8) is 0 Å². The fourth-order valence-electron chi connectivity index (χ4n) is 4.66. The molecule has 196 valence electrons. The second-order valence-corrected chi connectivity index (χ2v) is 11.3. The number of ether oxygens (including phenoxy) is 1. The van der Waals surface area contributed by atoms with Gasteiger partial charge < -0.3 is 15.0 Å². The third-order valence-corrected chi connectivity index (χ3v) is 7.70. The lowest BCUT2D eigenvalue weighted by molar-refractivity contribution is -0.140. The van der Waals surface area contributed by atoms with Crippen molar-refractivity contribution in [2.24, 2.45) is 0 Å². The molecule has 0 spiro atoms. The number of hydrogen-bond acceptors (Lipinski definition) is 5. The van der Waals surface area contributed by atoms with Crippen LogP contribution in [0.5, 0.6) is 5.75 Å². The molecule has 0 radical (unpaired) electrons. The summed E-state index contributed by atoms with van der Waals surface area (Å²) in [6.45, 7) is 3.63. The van der Waals surface area contributed by atoms with Crippen molar-refractivity contribution < 1.29 is 22.7 Å². The maximum Gasteiger partial charge on any atom is 0.244 e. The molecular weight excluding hydrogens is 478 g/mol. The lowest BCUT2D eigenvalue weighted by Crippen LogP contribution is -2.53. The van der Waals surface area contributed by atoms with Gasteiger partial charge in [0.25, 0.3) is 0 Å². The standard InChI is InChI=1S/C27H37N3O5S/c1-5-25(27(32)28-22-11-6-7-12-22)29(18-21-10-8-9-20(2)17-21)26(31)19-30(36(4,33)34)23-13-15-24(35-3)16-14-23/h8-10,13-17,22,25H,5-7,11-12,18-19H2,1-4H3,(H,28,32)/t25-/m0/s1. The first-order chi connectivity index (χ1) is 17.1. The van der Waals surface area contributed by atoms with E-state index in [1.165, 1.54) is 12.0 Å². The predicted octanol–water partition coefficient (Wildman–Crippen LogP) is 3.64. The summed E-state index contributed by atoms with van der Waals surface area (Å²) in [6.07, 6.45) is 5.52. The number of methoxy groups -OCH3 is 1. The van der Waals surface area contributed by atoms with E-state index in [0.29, 0.717) is 17.9 Å². The molecule has 0 aliphatic heterocycles. The minimum absolute atomic E-state index is 0.120. The Labute approximate surface area is 214 Å². The maximum atomic E-state index is 13.7. The number of anilines is 1. The van der Waals surface area contributed by atoms with Crippen molar-refractivity contribution in [1.29, 1.82) is 0 Å². The number of aryl methyl sites for hydroxylation is 1. The van der Waals surface area contributed by atoms with Crippen LogP contribution in [0.2, 0.25) is 0 Å². The van der Waals surface area contributed by atoms with Crippen LogP contribution in [0.4, 0.5) is 5.69 Å². The SMILES string of the molecule is CC[C@@H](C(=O)NC1CCCC1)N(Cc1cccc(C)c1)C(=O)CN(c1ccc(OC)cc1)S(C)(=O)=O. The zero-order valence-electron chi connectivity index (χ0n) is 21.6. The summed E-state index contributed by atoms with van der Waals surface area (Å²) < 4.78 is 31.6. The van der Waals surface area contributed by atoms with Gasteiger partial charge >= 0.3 is 0 Å². The molecule has 1 saturated carbocycles. The van der Waals surface area contributed by atoms with Gasteiger partial charge in [-0.1, -0.05) is 49.6 Å². The molecule has 2 aromatic carbocycles. The lowest BCUT2D eigenvalue weighted by Gasteiger charge is -2.33. The highest BCUT2D eigenvalue weighted by Crippen LogP contribution is 2.23. The Morgan fingerprint density at radius 3 is 2.33 bits per heavy atom. The maximum absolute atomic E-state index is 13.7. The Morgan fingerprint density at radius 2 is 1.78 bits per heavy atom. The van der Waals surface area contributed by atoms with Crippen LogP contribution in [0.1, 0.15) is 50.2 Å². The van der Waals surface area contributed by atoms with Gasteiger partial charge in [0.15, 0.2) is 0 Å². The first-order valence-corrected chi connectivity index (χ1v) is 14.2. The number of amides is 2. The minimum Gasteiger partial charge on any atom is -0.497 e. The van der Waals surface area contributed by atoms with E-state index in [1.807, 2.05) is 38.1 Å². The fourth-order valence-corrected chi connectivity index (χ4v) is 5.51. The van der Waals surface area contributed by atoms with Crippen LogP contribution < -0.4 is 14.4 Å². The minimum atomic E-state index is -3.77.